The van der Waals surface area contributed by atoms with E-state index >= 15 is 0 Å². The molecule has 0 saturated heterocycles. The third-order valence-electron chi connectivity index (χ3n) is 2.64. The fourth-order valence-electron chi connectivity index (χ4n) is 1.95. The van der Waals surface area contributed by atoms with Gasteiger partial charge in [-0.15, -0.1) is 0 Å². The van der Waals surface area contributed by atoms with Crippen molar-refractivity contribution >= 4 is 17.7 Å². The highest BCUT2D eigenvalue weighted by Crippen LogP contribution is 2.35. The number of hydrogen-bond donors (Lipinski definition) is 3. The summed E-state index contributed by atoms with van der Waals surface area (Å²) in [4.78, 5) is 22.0. The van der Waals surface area contributed by atoms with E-state index in [2.05, 4.69) is 10.5 Å². The first-order valence-electron chi connectivity index (χ1n) is 4.18. The van der Waals surface area contributed by atoms with Crippen molar-refractivity contribution in [3.8, 4) is 0 Å². The van der Waals surface area contributed by atoms with Gasteiger partial charge >= 0.3 is 6.09 Å². The lowest BCUT2D eigenvalue weighted by atomic mass is 9.96. The minimum Gasteiger partial charge on any atom is -0.463 e. The number of nitrogens with one attached hydrogen (secondary N) is 1. The zero-order valence-electron chi connectivity index (χ0n) is 7.23. The van der Waals surface area contributed by atoms with Crippen LogP contribution in [0.4, 0.5) is 4.79 Å². The number of amides is 2. The third-order valence-corrected chi connectivity index (χ3v) is 2.64. The van der Waals surface area contributed by atoms with E-state index in [4.69, 9.17) is 5.11 Å². The molecule has 0 aromatic rings. The molecule has 14 heavy (non-hydrogen) atoms. The largest absolute Gasteiger partial charge is 0.463 e. The van der Waals surface area contributed by atoms with Gasteiger partial charge in [-0.3, -0.25) is 10.0 Å². The Kier molecular flexibility index (Phi) is 1.71. The van der Waals surface area contributed by atoms with Gasteiger partial charge in [-0.05, 0) is 19.3 Å². The molecule has 1 atom stereocenters. The second-order valence-electron chi connectivity index (χ2n) is 3.31. The normalized spacial score (nSPS) is 29.5. The predicted molar refractivity (Wildman–Crippen MR) is 43.8 cm³/mol. The molecule has 2 amide bonds. The molecule has 1 fully saturated rings. The number of nitrogens with zero attached hydrogens (tertiary/aromatic N) is 2. The van der Waals surface area contributed by atoms with Crippen LogP contribution in [0.5, 0.6) is 0 Å². The lowest BCUT2D eigenvalue weighted by Crippen LogP contribution is -2.57. The maximum Gasteiger partial charge on any atom is 0.432 e. The van der Waals surface area contributed by atoms with Crippen LogP contribution in [0.15, 0.2) is 5.10 Å². The first-order chi connectivity index (χ1) is 6.59. The van der Waals surface area contributed by atoms with Crippen molar-refractivity contribution in [2.75, 3.05) is 0 Å². The number of hydrazone groups is 1. The van der Waals surface area contributed by atoms with Crippen LogP contribution in [-0.4, -0.2) is 38.6 Å². The summed E-state index contributed by atoms with van der Waals surface area (Å²) >= 11 is 0. The van der Waals surface area contributed by atoms with Crippen LogP contribution in [0.3, 0.4) is 0 Å². The second-order valence-corrected chi connectivity index (χ2v) is 3.31. The third kappa shape index (κ3) is 0.869. The van der Waals surface area contributed by atoms with E-state index in [-0.39, 0.29) is 11.5 Å². The van der Waals surface area contributed by atoms with Crippen LogP contribution < -0.4 is 5.43 Å². The summed E-state index contributed by atoms with van der Waals surface area (Å²) in [5.74, 6) is -0.574. The average Bonchev–Trinajstić information content (AvgIpc) is 2.66. The van der Waals surface area contributed by atoms with Gasteiger partial charge in [0, 0.05) is 0 Å². The van der Waals surface area contributed by atoms with Crippen molar-refractivity contribution in [2.45, 2.75) is 24.8 Å². The van der Waals surface area contributed by atoms with E-state index in [0.29, 0.717) is 18.6 Å². The van der Waals surface area contributed by atoms with Crippen molar-refractivity contribution < 1.29 is 19.9 Å². The molecule has 0 radical (unpaired) electrons. The molecule has 76 valence electrons. The quantitative estimate of drug-likeness (QED) is 0.400. The van der Waals surface area contributed by atoms with Crippen LogP contribution in [-0.2, 0) is 4.79 Å². The second kappa shape index (κ2) is 2.68. The molecule has 0 bridgehead atoms. The maximum atomic E-state index is 11.4. The summed E-state index contributed by atoms with van der Waals surface area (Å²) in [5.41, 5.74) is 1.11. The molecule has 2 rings (SSSR count). The Morgan fingerprint density at radius 3 is 3.00 bits per heavy atom. The fraction of sp³-hybridized carbons (Fsp3) is 0.571. The summed E-state index contributed by atoms with van der Waals surface area (Å²) < 4.78 is 0. The molecule has 1 heterocycles. The Morgan fingerprint density at radius 2 is 2.36 bits per heavy atom. The number of hydroxylamine groups is 2. The van der Waals surface area contributed by atoms with Crippen molar-refractivity contribution in [1.82, 2.24) is 10.5 Å². The molecule has 1 unspecified atom stereocenters. The van der Waals surface area contributed by atoms with E-state index in [1.54, 1.807) is 0 Å². The monoisotopic (exact) mass is 199 g/mol. The average molecular weight is 199 g/mol. The first-order valence-corrected chi connectivity index (χ1v) is 4.18. The number of carbonyl (C=O) groups is 2. The zero-order valence-corrected chi connectivity index (χ0v) is 7.23. The molecule has 0 aromatic carbocycles. The van der Waals surface area contributed by atoms with Gasteiger partial charge in [0.15, 0.2) is 5.54 Å². The fourth-order valence-corrected chi connectivity index (χ4v) is 1.95. The summed E-state index contributed by atoms with van der Waals surface area (Å²) in [7, 11) is 0. The van der Waals surface area contributed by atoms with E-state index in [1.807, 2.05) is 0 Å². The molecule has 1 aliphatic carbocycles. The van der Waals surface area contributed by atoms with Crippen molar-refractivity contribution in [2.24, 2.45) is 5.10 Å². The van der Waals surface area contributed by atoms with Gasteiger partial charge in [0.1, 0.15) is 0 Å². The summed E-state index contributed by atoms with van der Waals surface area (Å²) in [5, 5.41) is 21.8. The molecule has 7 heteroatoms. The van der Waals surface area contributed by atoms with Crippen LogP contribution in [0.1, 0.15) is 19.3 Å². The lowest BCUT2D eigenvalue weighted by molar-refractivity contribution is -0.151. The Bertz CT molecular complexity index is 340. The zero-order chi connectivity index (χ0) is 10.3. The van der Waals surface area contributed by atoms with Crippen molar-refractivity contribution in [3.05, 3.63) is 0 Å². The van der Waals surface area contributed by atoms with Crippen molar-refractivity contribution in [1.29, 1.82) is 0 Å². The number of carbonyl (C=O) groups excluding carboxylic acids is 1. The Labute approximate surface area is 79.0 Å². The molecule has 3 N–H and O–H groups in total. The minimum atomic E-state index is -1.54. The summed E-state index contributed by atoms with van der Waals surface area (Å²) in [6, 6.07) is 0. The Hall–Kier alpha value is -1.63. The molecule has 7 nitrogen and oxygen atoms in total. The Morgan fingerprint density at radius 1 is 1.64 bits per heavy atom. The standard InChI is InChI=1S/C7H9N3O4/c11-5-7(10(14)6(12)13)3-1-2-4(7)8-9-5/h14H,1-3H2,(H,9,11)(H,12,13). The number of rotatable bonds is 1. The van der Waals surface area contributed by atoms with Gasteiger partial charge in [0.25, 0.3) is 5.91 Å². The van der Waals surface area contributed by atoms with Gasteiger partial charge in [0.05, 0.1) is 5.71 Å². The molecular formula is C7H9N3O4. The lowest BCUT2D eigenvalue weighted by Gasteiger charge is -2.28. The van der Waals surface area contributed by atoms with Crippen LogP contribution in [0.2, 0.25) is 0 Å². The molecule has 0 aromatic heterocycles. The predicted octanol–water partition coefficient (Wildman–Crippen LogP) is -0.236. The smallest absolute Gasteiger partial charge is 0.432 e. The van der Waals surface area contributed by atoms with Crippen LogP contribution in [0.25, 0.3) is 0 Å². The number of hydrogen-bond acceptors (Lipinski definition) is 4. The van der Waals surface area contributed by atoms with Gasteiger partial charge in [0.2, 0.25) is 0 Å². The maximum absolute atomic E-state index is 11.4. The van der Waals surface area contributed by atoms with Crippen molar-refractivity contribution in [3.63, 3.8) is 0 Å². The van der Waals surface area contributed by atoms with E-state index in [0.717, 1.165) is 0 Å². The summed E-state index contributed by atoms with van der Waals surface area (Å²) in [6.45, 7) is 0. The molecule has 0 spiro atoms. The molecule has 2 aliphatic rings. The molecular weight excluding hydrogens is 190 g/mol. The van der Waals surface area contributed by atoms with Gasteiger partial charge in [-0.2, -0.15) is 10.2 Å². The van der Waals surface area contributed by atoms with Crippen LogP contribution in [0, 0.1) is 0 Å². The highest BCUT2D eigenvalue weighted by atomic mass is 16.6. The number of carboxylic acid groups (broad SMARTS) is 1. The molecule has 1 aliphatic heterocycles. The van der Waals surface area contributed by atoms with Gasteiger partial charge < -0.3 is 5.11 Å². The first kappa shape index (κ1) is 8.95. The SMILES string of the molecule is O=C(O)N(O)C12CCCC1=NNC2=O. The Balaban J connectivity index is 2.41. The summed E-state index contributed by atoms with van der Waals surface area (Å²) in [6.07, 6.45) is -0.0863. The van der Waals surface area contributed by atoms with Gasteiger partial charge in [-0.25, -0.2) is 10.2 Å². The van der Waals surface area contributed by atoms with Gasteiger partial charge in [-0.1, -0.05) is 0 Å². The van der Waals surface area contributed by atoms with Crippen LogP contribution >= 0.6 is 0 Å². The van der Waals surface area contributed by atoms with E-state index in [9.17, 15) is 14.8 Å². The number of fused-ring (bicyclic) bond motifs is 1. The minimum absolute atomic E-state index is 0.0567. The van der Waals surface area contributed by atoms with E-state index < -0.39 is 17.5 Å². The molecule has 1 saturated carbocycles. The topological polar surface area (TPSA) is 102 Å². The highest BCUT2D eigenvalue weighted by molar-refractivity contribution is 6.18. The highest BCUT2D eigenvalue weighted by Gasteiger charge is 2.56. The van der Waals surface area contributed by atoms with E-state index in [1.165, 1.54) is 0 Å².